The minimum atomic E-state index is -0.744. The van der Waals surface area contributed by atoms with Gasteiger partial charge in [-0.05, 0) is 73.2 Å². The maximum atomic E-state index is 15.0. The third kappa shape index (κ3) is 5.51. The molecule has 0 unspecified atom stereocenters. The average molecular weight is 565 g/mol. The largest absolute Gasteiger partial charge is 0.497 e. The summed E-state index contributed by atoms with van der Waals surface area (Å²) in [5.41, 5.74) is 2.94. The van der Waals surface area contributed by atoms with Crippen molar-refractivity contribution in [1.29, 1.82) is 0 Å². The quantitative estimate of drug-likeness (QED) is 0.306. The van der Waals surface area contributed by atoms with E-state index in [0.29, 0.717) is 59.6 Å². The molecular weight excluding hydrogens is 538 g/mol. The third-order valence-corrected chi connectivity index (χ3v) is 7.18. The predicted molar refractivity (Wildman–Crippen MR) is 150 cm³/mol. The number of hydrogen-bond donors (Lipinski definition) is 1. The van der Waals surface area contributed by atoms with Crippen LogP contribution in [-0.4, -0.2) is 59.6 Å². The molecule has 0 radical (unpaired) electrons. The number of carbonyl (C=O) groups excluding carboxylic acids is 2. The molecular formula is C30H27ClF2N4O3. The molecule has 1 saturated heterocycles. The van der Waals surface area contributed by atoms with Gasteiger partial charge in [0, 0.05) is 48.6 Å². The van der Waals surface area contributed by atoms with Gasteiger partial charge in [-0.2, -0.15) is 0 Å². The molecule has 0 aliphatic carbocycles. The lowest BCUT2D eigenvalue weighted by atomic mass is 10.1. The summed E-state index contributed by atoms with van der Waals surface area (Å²) in [5.74, 6) is -1.01. The highest BCUT2D eigenvalue weighted by Crippen LogP contribution is 2.32. The minimum absolute atomic E-state index is 0.131. The Morgan fingerprint density at radius 1 is 0.900 bits per heavy atom. The van der Waals surface area contributed by atoms with Crippen molar-refractivity contribution in [2.45, 2.75) is 6.92 Å². The van der Waals surface area contributed by atoms with E-state index in [0.717, 1.165) is 11.6 Å². The molecule has 1 N–H and O–H groups in total. The molecule has 7 nitrogen and oxygen atoms in total. The zero-order chi connectivity index (χ0) is 28.4. The summed E-state index contributed by atoms with van der Waals surface area (Å²) in [6.07, 6.45) is 0. The number of rotatable bonds is 5. The van der Waals surface area contributed by atoms with Crippen molar-refractivity contribution in [3.63, 3.8) is 0 Å². The van der Waals surface area contributed by atoms with Gasteiger partial charge in [-0.3, -0.25) is 4.79 Å². The topological polar surface area (TPSA) is 66.8 Å². The highest BCUT2D eigenvalue weighted by atomic mass is 35.5. The van der Waals surface area contributed by atoms with E-state index in [1.807, 2.05) is 12.1 Å². The Morgan fingerprint density at radius 2 is 1.60 bits per heavy atom. The second-order valence-corrected chi connectivity index (χ2v) is 9.84. The second-order valence-electron chi connectivity index (χ2n) is 9.41. The summed E-state index contributed by atoms with van der Waals surface area (Å²) in [6, 6.07) is 18.9. The number of aromatic nitrogens is 1. The van der Waals surface area contributed by atoms with Crippen LogP contribution >= 0.6 is 11.6 Å². The van der Waals surface area contributed by atoms with E-state index in [2.05, 4.69) is 5.32 Å². The normalized spacial score (nSPS) is 13.3. The van der Waals surface area contributed by atoms with Gasteiger partial charge in [0.05, 0.1) is 24.1 Å². The summed E-state index contributed by atoms with van der Waals surface area (Å²) in [4.78, 5) is 29.7. The Hall–Kier alpha value is -4.37. The van der Waals surface area contributed by atoms with Gasteiger partial charge in [-0.1, -0.05) is 17.7 Å². The smallest absolute Gasteiger partial charge is 0.321 e. The lowest BCUT2D eigenvalue weighted by Gasteiger charge is -2.34. The maximum Gasteiger partial charge on any atom is 0.321 e. The van der Waals surface area contributed by atoms with Crippen LogP contribution in [0.2, 0.25) is 5.02 Å². The summed E-state index contributed by atoms with van der Waals surface area (Å²) in [5, 5.41) is 3.35. The summed E-state index contributed by atoms with van der Waals surface area (Å²) in [7, 11) is 1.56. The van der Waals surface area contributed by atoms with E-state index in [9.17, 15) is 18.4 Å². The first-order valence-corrected chi connectivity index (χ1v) is 13.1. The molecule has 2 heterocycles. The molecule has 1 fully saturated rings. The molecule has 0 spiro atoms. The van der Waals surface area contributed by atoms with Gasteiger partial charge in [0.1, 0.15) is 17.4 Å². The number of piperazine rings is 1. The number of nitrogens with zero attached hydrogens (tertiary/aromatic N) is 3. The van der Waals surface area contributed by atoms with Crippen molar-refractivity contribution in [1.82, 2.24) is 14.4 Å². The zero-order valence-corrected chi connectivity index (χ0v) is 22.7. The Balaban J connectivity index is 1.40. The number of anilines is 1. The number of amides is 3. The summed E-state index contributed by atoms with van der Waals surface area (Å²) < 4.78 is 35.6. The molecule has 0 atom stereocenters. The van der Waals surface area contributed by atoms with Crippen LogP contribution in [-0.2, 0) is 0 Å². The predicted octanol–water partition coefficient (Wildman–Crippen LogP) is 6.38. The van der Waals surface area contributed by atoms with E-state index >= 15 is 0 Å². The van der Waals surface area contributed by atoms with Crippen LogP contribution in [0.3, 0.4) is 0 Å². The van der Waals surface area contributed by atoms with E-state index in [4.69, 9.17) is 16.3 Å². The number of urea groups is 1. The van der Waals surface area contributed by atoms with Crippen LogP contribution in [0.25, 0.3) is 16.9 Å². The molecule has 1 aliphatic heterocycles. The van der Waals surface area contributed by atoms with E-state index in [1.54, 1.807) is 70.9 Å². The Kier molecular flexibility index (Phi) is 7.75. The monoisotopic (exact) mass is 564 g/mol. The zero-order valence-electron chi connectivity index (χ0n) is 22.0. The van der Waals surface area contributed by atoms with Crippen molar-refractivity contribution in [2.75, 3.05) is 38.6 Å². The number of hydrogen-bond acceptors (Lipinski definition) is 3. The molecule has 40 heavy (non-hydrogen) atoms. The van der Waals surface area contributed by atoms with Crippen molar-refractivity contribution >= 4 is 29.2 Å². The molecule has 206 valence electrons. The van der Waals surface area contributed by atoms with Crippen molar-refractivity contribution in [3.8, 4) is 22.7 Å². The maximum absolute atomic E-state index is 15.0. The SMILES string of the molecule is COc1ccc(-c2cc(C(=O)N3CCN(C(=O)Nc4cccc(Cl)c4)CC3)c(C)n2-c2ccc(F)cc2F)cc1. The first kappa shape index (κ1) is 27.2. The lowest BCUT2D eigenvalue weighted by molar-refractivity contribution is 0.0671. The number of ether oxygens (including phenoxy) is 1. The minimum Gasteiger partial charge on any atom is -0.497 e. The number of halogens is 3. The van der Waals surface area contributed by atoms with Crippen LogP contribution in [0.15, 0.2) is 72.8 Å². The first-order valence-electron chi connectivity index (χ1n) is 12.7. The molecule has 3 aromatic carbocycles. The Bertz CT molecular complexity index is 1560. The molecule has 3 amide bonds. The average Bonchev–Trinajstić information content (AvgIpc) is 3.29. The number of benzene rings is 3. The van der Waals surface area contributed by atoms with Crippen molar-refractivity contribution in [2.24, 2.45) is 0 Å². The highest BCUT2D eigenvalue weighted by Gasteiger charge is 2.29. The lowest BCUT2D eigenvalue weighted by Crippen LogP contribution is -2.51. The van der Waals surface area contributed by atoms with E-state index in [-0.39, 0.29) is 17.6 Å². The summed E-state index contributed by atoms with van der Waals surface area (Å²) >= 11 is 6.01. The van der Waals surface area contributed by atoms with Crippen LogP contribution in [0.1, 0.15) is 16.1 Å². The van der Waals surface area contributed by atoms with Crippen molar-refractivity contribution < 1.29 is 23.1 Å². The second kappa shape index (κ2) is 11.4. The number of carbonyl (C=O) groups is 2. The van der Waals surface area contributed by atoms with E-state index in [1.165, 1.54) is 12.1 Å². The van der Waals surface area contributed by atoms with Gasteiger partial charge in [0.2, 0.25) is 0 Å². The molecule has 4 aromatic rings. The van der Waals surface area contributed by atoms with Gasteiger partial charge < -0.3 is 24.4 Å². The van der Waals surface area contributed by atoms with Gasteiger partial charge >= 0.3 is 6.03 Å². The van der Waals surface area contributed by atoms with Gasteiger partial charge in [0.15, 0.2) is 0 Å². The van der Waals surface area contributed by atoms with Gasteiger partial charge in [0.25, 0.3) is 5.91 Å². The Morgan fingerprint density at radius 3 is 2.25 bits per heavy atom. The molecule has 0 bridgehead atoms. The molecule has 0 saturated carbocycles. The fourth-order valence-corrected chi connectivity index (χ4v) is 5.01. The number of methoxy groups -OCH3 is 1. The molecule has 1 aliphatic rings. The van der Waals surface area contributed by atoms with Crippen LogP contribution in [0.4, 0.5) is 19.3 Å². The molecule has 5 rings (SSSR count). The highest BCUT2D eigenvalue weighted by molar-refractivity contribution is 6.30. The van der Waals surface area contributed by atoms with Crippen LogP contribution in [0, 0.1) is 18.6 Å². The fraction of sp³-hybridized carbons (Fsp3) is 0.200. The summed E-state index contributed by atoms with van der Waals surface area (Å²) in [6.45, 7) is 3.08. The van der Waals surface area contributed by atoms with Crippen LogP contribution < -0.4 is 10.1 Å². The van der Waals surface area contributed by atoms with E-state index < -0.39 is 11.6 Å². The molecule has 1 aromatic heterocycles. The third-order valence-electron chi connectivity index (χ3n) is 6.94. The van der Waals surface area contributed by atoms with Crippen molar-refractivity contribution in [3.05, 3.63) is 101 Å². The van der Waals surface area contributed by atoms with Gasteiger partial charge in [-0.15, -0.1) is 0 Å². The molecule has 10 heteroatoms. The Labute approximate surface area is 235 Å². The standard InChI is InChI=1S/C30H27ClF2N4O3/c1-19-25(29(38)35-12-14-36(15-13-35)30(39)34-23-5-3-4-21(31)16-23)18-28(20-6-9-24(40-2)10-7-20)37(19)27-11-8-22(32)17-26(27)33/h3-11,16-18H,12-15H2,1-2H3,(H,34,39). The first-order chi connectivity index (χ1) is 19.2. The number of nitrogens with one attached hydrogen (secondary N) is 1. The fourth-order valence-electron chi connectivity index (χ4n) is 4.82. The van der Waals surface area contributed by atoms with Gasteiger partial charge in [-0.25, -0.2) is 13.6 Å². The van der Waals surface area contributed by atoms with Crippen LogP contribution in [0.5, 0.6) is 5.75 Å².